The average molecular weight is 297 g/mol. The molecule has 1 fully saturated rings. The Morgan fingerprint density at radius 3 is 2.82 bits per heavy atom. The van der Waals surface area contributed by atoms with Crippen LogP contribution >= 0.6 is 0 Å². The van der Waals surface area contributed by atoms with Gasteiger partial charge in [0.1, 0.15) is 5.82 Å². The van der Waals surface area contributed by atoms with E-state index in [2.05, 4.69) is 37.0 Å². The minimum Gasteiger partial charge on any atom is -0.372 e. The van der Waals surface area contributed by atoms with Crippen LogP contribution in [0.3, 0.4) is 0 Å². The van der Waals surface area contributed by atoms with E-state index in [0.717, 1.165) is 29.0 Å². The lowest BCUT2D eigenvalue weighted by atomic mass is 10.1. The molecule has 2 atom stereocenters. The van der Waals surface area contributed by atoms with Crippen molar-refractivity contribution in [3.63, 3.8) is 0 Å². The van der Waals surface area contributed by atoms with E-state index in [9.17, 15) is 0 Å². The Bertz CT molecular complexity index is 750. The predicted octanol–water partition coefficient (Wildman–Crippen LogP) is 1.21. The highest BCUT2D eigenvalue weighted by Gasteiger charge is 2.27. The van der Waals surface area contributed by atoms with Crippen LogP contribution in [0.25, 0.3) is 11.0 Å². The van der Waals surface area contributed by atoms with Crippen molar-refractivity contribution in [3.05, 3.63) is 17.3 Å². The summed E-state index contributed by atoms with van der Waals surface area (Å²) in [4.78, 5) is 13.6. The Labute approximate surface area is 129 Å². The lowest BCUT2D eigenvalue weighted by Gasteiger charge is -2.16. The topological polar surface area (TPSA) is 98.6 Å². The van der Waals surface area contributed by atoms with Gasteiger partial charge in [-0.2, -0.15) is 15.2 Å². The Morgan fingerprint density at radius 1 is 1.27 bits per heavy atom. The van der Waals surface area contributed by atoms with Gasteiger partial charge in [0, 0.05) is 25.8 Å². The van der Waals surface area contributed by atoms with Crippen LogP contribution in [0.4, 0.5) is 11.8 Å². The van der Waals surface area contributed by atoms with Gasteiger partial charge in [-0.25, -0.2) is 4.98 Å². The van der Waals surface area contributed by atoms with Crippen molar-refractivity contribution >= 4 is 22.8 Å². The quantitative estimate of drug-likeness (QED) is 0.783. The van der Waals surface area contributed by atoms with E-state index in [4.69, 9.17) is 5.26 Å². The summed E-state index contributed by atoms with van der Waals surface area (Å²) in [5.74, 6) is 1.17. The van der Waals surface area contributed by atoms with E-state index in [0.29, 0.717) is 18.1 Å². The first-order valence-corrected chi connectivity index (χ1v) is 7.33. The minimum absolute atomic E-state index is 0.0121. The highest BCUT2D eigenvalue weighted by molar-refractivity contribution is 5.90. The standard InChI is InChI=1S/C15H19N7/c1-8-4-9(2)19-14-12(8)13(17-3)21-15(22-14)20-11-7-18-6-10(11)5-16/h4,10-11,18H,6-7H2,1-3H3,(H2,17,19,20,21,22). The first kappa shape index (κ1) is 14.5. The number of nitrogens with one attached hydrogen (secondary N) is 3. The molecule has 3 rings (SSSR count). The summed E-state index contributed by atoms with van der Waals surface area (Å²) in [6, 6.07) is 4.34. The maximum absolute atomic E-state index is 9.16. The molecule has 22 heavy (non-hydrogen) atoms. The smallest absolute Gasteiger partial charge is 0.227 e. The maximum Gasteiger partial charge on any atom is 0.227 e. The Morgan fingerprint density at radius 2 is 2.09 bits per heavy atom. The molecule has 2 unspecified atom stereocenters. The van der Waals surface area contributed by atoms with E-state index in [-0.39, 0.29) is 12.0 Å². The first-order valence-electron chi connectivity index (χ1n) is 7.33. The van der Waals surface area contributed by atoms with Crippen molar-refractivity contribution in [2.24, 2.45) is 5.92 Å². The first-order chi connectivity index (χ1) is 10.6. The number of aromatic nitrogens is 3. The third kappa shape index (κ3) is 2.53. The van der Waals surface area contributed by atoms with Gasteiger partial charge in [0.2, 0.25) is 5.95 Å². The zero-order chi connectivity index (χ0) is 15.7. The molecule has 0 amide bonds. The molecule has 1 saturated heterocycles. The van der Waals surface area contributed by atoms with Crippen molar-refractivity contribution in [1.82, 2.24) is 20.3 Å². The highest BCUT2D eigenvalue weighted by Crippen LogP contribution is 2.25. The van der Waals surface area contributed by atoms with Gasteiger partial charge in [0.15, 0.2) is 5.65 Å². The van der Waals surface area contributed by atoms with E-state index in [1.54, 1.807) is 0 Å². The molecular formula is C15H19N7. The van der Waals surface area contributed by atoms with Crippen LogP contribution in [0.15, 0.2) is 6.07 Å². The molecule has 7 nitrogen and oxygen atoms in total. The molecule has 0 spiro atoms. The molecule has 1 aliphatic heterocycles. The Hall–Kier alpha value is -2.46. The van der Waals surface area contributed by atoms with Crippen molar-refractivity contribution in [2.75, 3.05) is 30.8 Å². The third-order valence-corrected chi connectivity index (χ3v) is 3.92. The number of hydrogen-bond donors (Lipinski definition) is 3. The SMILES string of the molecule is CNc1nc(NC2CNCC2C#N)nc2nc(C)cc(C)c12. The number of fused-ring (bicyclic) bond motifs is 1. The molecule has 0 aliphatic carbocycles. The highest BCUT2D eigenvalue weighted by atomic mass is 15.2. The molecule has 0 saturated carbocycles. The lowest BCUT2D eigenvalue weighted by molar-refractivity contribution is 0.667. The average Bonchev–Trinajstić information content (AvgIpc) is 2.92. The molecule has 7 heteroatoms. The molecule has 1 aliphatic rings. The summed E-state index contributed by atoms with van der Waals surface area (Å²) in [5.41, 5.74) is 2.68. The van der Waals surface area contributed by atoms with Gasteiger partial charge in [0.05, 0.1) is 23.4 Å². The van der Waals surface area contributed by atoms with Gasteiger partial charge in [-0.15, -0.1) is 0 Å². The Balaban J connectivity index is 2.02. The molecule has 2 aromatic rings. The van der Waals surface area contributed by atoms with Crippen LogP contribution in [-0.2, 0) is 0 Å². The van der Waals surface area contributed by atoms with E-state index in [1.165, 1.54) is 0 Å². The van der Waals surface area contributed by atoms with Crippen LogP contribution in [0.2, 0.25) is 0 Å². The molecule has 2 aromatic heterocycles. The summed E-state index contributed by atoms with van der Waals surface area (Å²) < 4.78 is 0. The second-order valence-electron chi connectivity index (χ2n) is 5.57. The Kier molecular flexibility index (Phi) is 3.77. The number of rotatable bonds is 3. The summed E-state index contributed by atoms with van der Waals surface area (Å²) in [6.07, 6.45) is 0. The number of anilines is 2. The molecule has 3 heterocycles. The number of aryl methyl sites for hydroxylation is 2. The molecule has 3 N–H and O–H groups in total. The zero-order valence-corrected chi connectivity index (χ0v) is 12.9. The van der Waals surface area contributed by atoms with E-state index in [1.807, 2.05) is 27.0 Å². The van der Waals surface area contributed by atoms with Gasteiger partial charge in [-0.3, -0.25) is 0 Å². The zero-order valence-electron chi connectivity index (χ0n) is 12.9. The molecule has 0 aromatic carbocycles. The fourth-order valence-electron chi connectivity index (χ4n) is 2.86. The summed E-state index contributed by atoms with van der Waals surface area (Å²) in [6.45, 7) is 5.40. The summed E-state index contributed by atoms with van der Waals surface area (Å²) >= 11 is 0. The van der Waals surface area contributed by atoms with Gasteiger partial charge >= 0.3 is 0 Å². The van der Waals surface area contributed by atoms with Gasteiger partial charge in [-0.05, 0) is 25.5 Å². The third-order valence-electron chi connectivity index (χ3n) is 3.92. The van der Waals surface area contributed by atoms with Gasteiger partial charge in [-0.1, -0.05) is 0 Å². The van der Waals surface area contributed by atoms with E-state index >= 15 is 0 Å². The van der Waals surface area contributed by atoms with Crippen LogP contribution < -0.4 is 16.0 Å². The normalized spacial score (nSPS) is 20.8. The maximum atomic E-state index is 9.16. The fourth-order valence-corrected chi connectivity index (χ4v) is 2.86. The van der Waals surface area contributed by atoms with Crippen molar-refractivity contribution in [1.29, 1.82) is 5.26 Å². The van der Waals surface area contributed by atoms with Crippen LogP contribution in [0.1, 0.15) is 11.3 Å². The summed E-state index contributed by atoms with van der Waals surface area (Å²) in [7, 11) is 1.83. The number of nitriles is 1. The largest absolute Gasteiger partial charge is 0.372 e. The van der Waals surface area contributed by atoms with Crippen LogP contribution in [-0.4, -0.2) is 41.1 Å². The monoisotopic (exact) mass is 297 g/mol. The van der Waals surface area contributed by atoms with Crippen molar-refractivity contribution in [2.45, 2.75) is 19.9 Å². The minimum atomic E-state index is -0.0791. The second-order valence-corrected chi connectivity index (χ2v) is 5.57. The van der Waals surface area contributed by atoms with Crippen molar-refractivity contribution in [3.8, 4) is 6.07 Å². The van der Waals surface area contributed by atoms with Gasteiger partial charge in [0.25, 0.3) is 0 Å². The second kappa shape index (κ2) is 5.73. The molecule has 0 bridgehead atoms. The number of hydrogen-bond acceptors (Lipinski definition) is 7. The number of pyridine rings is 1. The molecule has 114 valence electrons. The van der Waals surface area contributed by atoms with Crippen LogP contribution in [0, 0.1) is 31.1 Å². The fraction of sp³-hybridized carbons (Fsp3) is 0.467. The van der Waals surface area contributed by atoms with Crippen LogP contribution in [0.5, 0.6) is 0 Å². The van der Waals surface area contributed by atoms with Gasteiger partial charge < -0.3 is 16.0 Å². The molecule has 0 radical (unpaired) electrons. The van der Waals surface area contributed by atoms with Crippen molar-refractivity contribution < 1.29 is 0 Å². The summed E-state index contributed by atoms with van der Waals surface area (Å²) in [5, 5.41) is 19.7. The predicted molar refractivity (Wildman–Crippen MR) is 85.7 cm³/mol. The molecular weight excluding hydrogens is 278 g/mol. The lowest BCUT2D eigenvalue weighted by Crippen LogP contribution is -2.28. The number of nitrogens with zero attached hydrogens (tertiary/aromatic N) is 4. The van der Waals surface area contributed by atoms with E-state index < -0.39 is 0 Å².